The van der Waals surface area contributed by atoms with E-state index >= 15 is 0 Å². The van der Waals surface area contributed by atoms with Gasteiger partial charge < -0.3 is 16.4 Å². The molecule has 4 N–H and O–H groups in total. The zero-order chi connectivity index (χ0) is 10.6. The smallest absolute Gasteiger partial charge is 0.149 e. The molecule has 0 atom stereocenters. The van der Waals surface area contributed by atoms with Crippen LogP contribution < -0.4 is 16.4 Å². The van der Waals surface area contributed by atoms with E-state index in [1.54, 1.807) is 6.07 Å². The van der Waals surface area contributed by atoms with Gasteiger partial charge in [0.1, 0.15) is 11.6 Å². The van der Waals surface area contributed by atoms with E-state index in [0.717, 1.165) is 12.4 Å². The van der Waals surface area contributed by atoms with Gasteiger partial charge in [-0.3, -0.25) is 0 Å². The molecule has 14 heavy (non-hydrogen) atoms. The van der Waals surface area contributed by atoms with Crippen LogP contribution >= 0.6 is 0 Å². The number of pyridine rings is 1. The van der Waals surface area contributed by atoms with E-state index in [1.165, 1.54) is 0 Å². The summed E-state index contributed by atoms with van der Waals surface area (Å²) in [5.74, 6) is 3.67. The SMILES string of the molecule is C#CCN(CC)c1ccc(N)c(N)n1. The highest BCUT2D eigenvalue weighted by molar-refractivity contribution is 5.62. The fourth-order valence-electron chi connectivity index (χ4n) is 1.12. The van der Waals surface area contributed by atoms with Crippen molar-refractivity contribution in [1.29, 1.82) is 0 Å². The summed E-state index contributed by atoms with van der Waals surface area (Å²) in [7, 11) is 0. The number of hydrogen-bond donors (Lipinski definition) is 2. The molecule has 0 fully saturated rings. The first-order chi connectivity index (χ1) is 6.69. The highest BCUT2D eigenvalue weighted by Gasteiger charge is 2.05. The van der Waals surface area contributed by atoms with Gasteiger partial charge in [0.05, 0.1) is 12.2 Å². The van der Waals surface area contributed by atoms with Crippen LogP contribution in [0.4, 0.5) is 17.3 Å². The fraction of sp³-hybridized carbons (Fsp3) is 0.300. The van der Waals surface area contributed by atoms with E-state index in [-0.39, 0.29) is 0 Å². The van der Waals surface area contributed by atoms with Crippen LogP contribution in [0.5, 0.6) is 0 Å². The summed E-state index contributed by atoms with van der Waals surface area (Å²) < 4.78 is 0. The van der Waals surface area contributed by atoms with E-state index < -0.39 is 0 Å². The van der Waals surface area contributed by atoms with Crippen LogP contribution in [-0.2, 0) is 0 Å². The quantitative estimate of drug-likeness (QED) is 0.689. The first-order valence-corrected chi connectivity index (χ1v) is 4.39. The minimum atomic E-state index is 0.345. The zero-order valence-corrected chi connectivity index (χ0v) is 8.20. The highest BCUT2D eigenvalue weighted by Crippen LogP contribution is 2.17. The Kier molecular flexibility index (Phi) is 3.19. The maximum absolute atomic E-state index is 5.59. The van der Waals surface area contributed by atoms with Gasteiger partial charge in [-0.25, -0.2) is 4.98 Å². The van der Waals surface area contributed by atoms with Crippen molar-refractivity contribution in [1.82, 2.24) is 4.98 Å². The Bertz CT molecular complexity index is 354. The summed E-state index contributed by atoms with van der Waals surface area (Å²) in [6.07, 6.45) is 5.23. The monoisotopic (exact) mass is 190 g/mol. The first-order valence-electron chi connectivity index (χ1n) is 4.39. The number of nitrogens with zero attached hydrogens (tertiary/aromatic N) is 2. The zero-order valence-electron chi connectivity index (χ0n) is 8.20. The van der Waals surface area contributed by atoms with Gasteiger partial charge in [0.2, 0.25) is 0 Å². The predicted molar refractivity (Wildman–Crippen MR) is 59.8 cm³/mol. The van der Waals surface area contributed by atoms with Crippen molar-refractivity contribution < 1.29 is 0 Å². The Morgan fingerprint density at radius 1 is 1.50 bits per heavy atom. The van der Waals surface area contributed by atoms with Gasteiger partial charge >= 0.3 is 0 Å². The van der Waals surface area contributed by atoms with Crippen LogP contribution in [0.1, 0.15) is 6.92 Å². The minimum absolute atomic E-state index is 0.345. The van der Waals surface area contributed by atoms with Crippen molar-refractivity contribution in [3.05, 3.63) is 12.1 Å². The molecule has 0 amide bonds. The van der Waals surface area contributed by atoms with Crippen LogP contribution in [-0.4, -0.2) is 18.1 Å². The first kappa shape index (κ1) is 10.2. The van der Waals surface area contributed by atoms with E-state index in [1.807, 2.05) is 17.9 Å². The summed E-state index contributed by atoms with van der Waals surface area (Å²) in [5, 5.41) is 0. The second-order valence-electron chi connectivity index (χ2n) is 2.86. The molecule has 0 saturated carbocycles. The lowest BCUT2D eigenvalue weighted by Crippen LogP contribution is -2.24. The van der Waals surface area contributed by atoms with E-state index in [4.69, 9.17) is 17.9 Å². The van der Waals surface area contributed by atoms with Crippen LogP contribution in [0.2, 0.25) is 0 Å². The number of aromatic nitrogens is 1. The molecule has 4 nitrogen and oxygen atoms in total. The number of hydrogen-bond acceptors (Lipinski definition) is 4. The Labute approximate surface area is 83.9 Å². The van der Waals surface area contributed by atoms with Crippen molar-refractivity contribution >= 4 is 17.3 Å². The molecule has 1 aromatic rings. The minimum Gasteiger partial charge on any atom is -0.396 e. The molecule has 0 aliphatic rings. The summed E-state index contributed by atoms with van der Waals surface area (Å²) in [6.45, 7) is 3.32. The topological polar surface area (TPSA) is 68.2 Å². The maximum atomic E-state index is 5.59. The summed E-state index contributed by atoms with van der Waals surface area (Å²) in [6, 6.07) is 3.55. The molecular weight excluding hydrogens is 176 g/mol. The van der Waals surface area contributed by atoms with Crippen LogP contribution in [0.25, 0.3) is 0 Å². The van der Waals surface area contributed by atoms with Crippen LogP contribution in [0, 0.1) is 12.3 Å². The standard InChI is InChI=1S/C10H14N4/c1-3-7-14(4-2)9-6-5-8(11)10(12)13-9/h1,5-6H,4,7,11H2,2H3,(H2,12,13). The number of anilines is 3. The molecule has 1 rings (SSSR count). The van der Waals surface area contributed by atoms with E-state index in [2.05, 4.69) is 10.9 Å². The van der Waals surface area contributed by atoms with Gasteiger partial charge in [0, 0.05) is 6.54 Å². The Morgan fingerprint density at radius 2 is 2.21 bits per heavy atom. The average Bonchev–Trinajstić information content (AvgIpc) is 2.19. The third kappa shape index (κ3) is 2.07. The third-order valence-electron chi connectivity index (χ3n) is 1.93. The van der Waals surface area contributed by atoms with Gasteiger partial charge in [-0.05, 0) is 19.1 Å². The Balaban J connectivity index is 2.95. The molecule has 0 saturated heterocycles. The molecule has 0 bridgehead atoms. The van der Waals surface area contributed by atoms with Crippen LogP contribution in [0.15, 0.2) is 12.1 Å². The number of nitrogen functional groups attached to an aromatic ring is 2. The highest BCUT2D eigenvalue weighted by atomic mass is 15.2. The summed E-state index contributed by atoms with van der Waals surface area (Å²) in [4.78, 5) is 6.09. The molecule has 0 spiro atoms. The molecule has 0 aromatic carbocycles. The van der Waals surface area contributed by atoms with Gasteiger partial charge in [-0.15, -0.1) is 6.42 Å². The molecule has 0 radical (unpaired) electrons. The Hall–Kier alpha value is -1.89. The normalized spacial score (nSPS) is 9.43. The summed E-state index contributed by atoms with van der Waals surface area (Å²) in [5.41, 5.74) is 11.6. The average molecular weight is 190 g/mol. The van der Waals surface area contributed by atoms with Crippen molar-refractivity contribution in [2.24, 2.45) is 0 Å². The molecule has 0 unspecified atom stereocenters. The second-order valence-corrected chi connectivity index (χ2v) is 2.86. The van der Waals surface area contributed by atoms with Gasteiger partial charge in [0.15, 0.2) is 0 Å². The molecular formula is C10H14N4. The summed E-state index contributed by atoms with van der Waals surface area (Å²) >= 11 is 0. The fourth-order valence-corrected chi connectivity index (χ4v) is 1.12. The van der Waals surface area contributed by atoms with Gasteiger partial charge in [-0.1, -0.05) is 5.92 Å². The van der Waals surface area contributed by atoms with Crippen molar-refractivity contribution in [3.63, 3.8) is 0 Å². The lowest BCUT2D eigenvalue weighted by atomic mass is 10.3. The molecule has 0 aliphatic heterocycles. The van der Waals surface area contributed by atoms with E-state index in [0.29, 0.717) is 18.1 Å². The van der Waals surface area contributed by atoms with Crippen molar-refractivity contribution in [2.75, 3.05) is 29.5 Å². The lowest BCUT2D eigenvalue weighted by molar-refractivity contribution is 0.895. The largest absolute Gasteiger partial charge is 0.396 e. The molecule has 74 valence electrons. The van der Waals surface area contributed by atoms with Gasteiger partial charge in [-0.2, -0.15) is 0 Å². The van der Waals surface area contributed by atoms with Gasteiger partial charge in [0.25, 0.3) is 0 Å². The molecule has 0 aliphatic carbocycles. The molecule has 4 heteroatoms. The maximum Gasteiger partial charge on any atom is 0.149 e. The van der Waals surface area contributed by atoms with Crippen LogP contribution in [0.3, 0.4) is 0 Å². The number of terminal acetylenes is 1. The number of nitrogens with two attached hydrogens (primary N) is 2. The molecule has 1 heterocycles. The van der Waals surface area contributed by atoms with Crippen molar-refractivity contribution in [2.45, 2.75) is 6.92 Å². The number of rotatable bonds is 3. The lowest BCUT2D eigenvalue weighted by Gasteiger charge is -2.19. The second kappa shape index (κ2) is 4.38. The van der Waals surface area contributed by atoms with Crippen molar-refractivity contribution in [3.8, 4) is 12.3 Å². The Morgan fingerprint density at radius 3 is 2.71 bits per heavy atom. The molecule has 1 aromatic heterocycles. The van der Waals surface area contributed by atoms with E-state index in [9.17, 15) is 0 Å². The third-order valence-corrected chi connectivity index (χ3v) is 1.93. The predicted octanol–water partition coefficient (Wildman–Crippen LogP) is 0.706.